The van der Waals surface area contributed by atoms with Gasteiger partial charge in [0, 0.05) is 18.2 Å². The molecule has 4 atom stereocenters. The number of anilines is 1. The van der Waals surface area contributed by atoms with E-state index >= 15 is 0 Å². The van der Waals surface area contributed by atoms with E-state index in [0.29, 0.717) is 35.9 Å². The van der Waals surface area contributed by atoms with Crippen molar-refractivity contribution in [3.8, 4) is 0 Å². The maximum atomic E-state index is 13.4. The molecule has 0 bridgehead atoms. The average molecular weight is 470 g/mol. The third kappa shape index (κ3) is 5.28. The fourth-order valence-electron chi connectivity index (χ4n) is 4.72. The van der Waals surface area contributed by atoms with Gasteiger partial charge >= 0.3 is 0 Å². The third-order valence-electron chi connectivity index (χ3n) is 6.99. The van der Waals surface area contributed by atoms with Crippen LogP contribution in [0.3, 0.4) is 0 Å². The summed E-state index contributed by atoms with van der Waals surface area (Å²) in [6.45, 7) is 4.33. The highest BCUT2D eigenvalue weighted by atomic mass is 32.2. The molecule has 33 heavy (non-hydrogen) atoms. The van der Waals surface area contributed by atoms with Gasteiger partial charge in [-0.05, 0) is 54.0 Å². The number of nitrogens with one attached hydrogen (secondary N) is 3. The van der Waals surface area contributed by atoms with Crippen molar-refractivity contribution < 1.29 is 18.0 Å². The molecule has 0 unspecified atom stereocenters. The minimum absolute atomic E-state index is 0.0179. The molecule has 1 aliphatic carbocycles. The van der Waals surface area contributed by atoms with Crippen LogP contribution in [0.5, 0.6) is 0 Å². The molecule has 0 saturated heterocycles. The van der Waals surface area contributed by atoms with E-state index in [9.17, 15) is 18.0 Å². The van der Waals surface area contributed by atoms with Crippen molar-refractivity contribution in [1.29, 1.82) is 0 Å². The first-order chi connectivity index (χ1) is 15.7. The molecule has 0 spiro atoms. The van der Waals surface area contributed by atoms with Crippen LogP contribution in [0.2, 0.25) is 0 Å². The predicted octanol–water partition coefficient (Wildman–Crippen LogP) is 3.53. The lowest BCUT2D eigenvalue weighted by molar-refractivity contribution is -0.124. The van der Waals surface area contributed by atoms with Gasteiger partial charge in [0.1, 0.15) is 6.04 Å². The monoisotopic (exact) mass is 469 g/mol. The normalized spacial score (nSPS) is 23.8. The van der Waals surface area contributed by atoms with Gasteiger partial charge in [0.2, 0.25) is 21.8 Å². The van der Waals surface area contributed by atoms with Crippen LogP contribution in [0.15, 0.2) is 53.4 Å². The van der Waals surface area contributed by atoms with Crippen molar-refractivity contribution in [3.05, 3.63) is 59.7 Å². The van der Waals surface area contributed by atoms with Gasteiger partial charge in [0.25, 0.3) is 0 Å². The lowest BCUT2D eigenvalue weighted by Crippen LogP contribution is -2.48. The Morgan fingerprint density at radius 3 is 2.58 bits per heavy atom. The third-order valence-corrected chi connectivity index (χ3v) is 8.41. The predicted molar refractivity (Wildman–Crippen MR) is 127 cm³/mol. The van der Waals surface area contributed by atoms with Gasteiger partial charge in [0.15, 0.2) is 0 Å². The number of hydrogen-bond acceptors (Lipinski definition) is 4. The van der Waals surface area contributed by atoms with Crippen LogP contribution >= 0.6 is 0 Å². The molecule has 2 aromatic carbocycles. The zero-order valence-corrected chi connectivity index (χ0v) is 19.8. The van der Waals surface area contributed by atoms with Gasteiger partial charge in [-0.15, -0.1) is 0 Å². The number of sulfonamides is 1. The van der Waals surface area contributed by atoms with E-state index in [1.54, 1.807) is 36.4 Å². The molecule has 8 heteroatoms. The van der Waals surface area contributed by atoms with Crippen molar-refractivity contribution in [2.75, 3.05) is 5.32 Å². The highest BCUT2D eigenvalue weighted by Gasteiger charge is 2.33. The SMILES string of the molecule is C[C@@H]1[C@H](C)CCC[C@@H]1NC(=O)[C@H](NS(=O)(=O)c1ccc2c(c1)CCC(=O)N2)c1ccccc1. The smallest absolute Gasteiger partial charge is 0.242 e. The van der Waals surface area contributed by atoms with Gasteiger partial charge in [-0.3, -0.25) is 9.59 Å². The maximum Gasteiger partial charge on any atom is 0.242 e. The van der Waals surface area contributed by atoms with E-state index in [-0.39, 0.29) is 22.8 Å². The number of carbonyl (C=O) groups excluding carboxylic acids is 2. The highest BCUT2D eigenvalue weighted by Crippen LogP contribution is 2.30. The van der Waals surface area contributed by atoms with Crippen LogP contribution in [0.4, 0.5) is 5.69 Å². The second-order valence-electron chi connectivity index (χ2n) is 9.21. The number of carbonyl (C=O) groups is 2. The summed E-state index contributed by atoms with van der Waals surface area (Å²) in [6.07, 6.45) is 3.87. The van der Waals surface area contributed by atoms with Crippen LogP contribution in [0, 0.1) is 11.8 Å². The topological polar surface area (TPSA) is 104 Å². The maximum absolute atomic E-state index is 13.4. The second-order valence-corrected chi connectivity index (χ2v) is 10.9. The molecule has 1 heterocycles. The fraction of sp³-hybridized carbons (Fsp3) is 0.440. The standard InChI is InChI=1S/C25H31N3O4S/c1-16-7-6-10-21(17(16)2)27-25(30)24(18-8-4-3-5-9-18)28-33(31,32)20-12-13-22-19(15-20)11-14-23(29)26-22/h3-5,8-9,12-13,15-17,21,24,28H,6-7,10-11,14H2,1-2H3,(H,26,29)(H,27,30)/t16-,17-,21+,24-/m1/s1. The number of amides is 2. The number of fused-ring (bicyclic) bond motifs is 1. The first-order valence-electron chi connectivity index (χ1n) is 11.5. The largest absolute Gasteiger partial charge is 0.351 e. The molecule has 176 valence electrons. The molecule has 2 amide bonds. The van der Waals surface area contributed by atoms with Crippen LogP contribution in [-0.2, 0) is 26.0 Å². The van der Waals surface area contributed by atoms with Gasteiger partial charge < -0.3 is 10.6 Å². The Labute approximate surface area is 195 Å². The van der Waals surface area contributed by atoms with E-state index in [2.05, 4.69) is 29.2 Å². The van der Waals surface area contributed by atoms with Crippen molar-refractivity contribution in [2.45, 2.75) is 62.9 Å². The van der Waals surface area contributed by atoms with Crippen LogP contribution in [0.1, 0.15) is 56.7 Å². The summed E-state index contributed by atoms with van der Waals surface area (Å²) < 4.78 is 29.2. The second kappa shape index (κ2) is 9.65. The molecular formula is C25H31N3O4S. The fourth-order valence-corrected chi connectivity index (χ4v) is 5.95. The molecule has 0 aromatic heterocycles. The highest BCUT2D eigenvalue weighted by molar-refractivity contribution is 7.89. The average Bonchev–Trinajstić information content (AvgIpc) is 2.80. The van der Waals surface area contributed by atoms with Crippen LogP contribution < -0.4 is 15.4 Å². The van der Waals surface area contributed by atoms with E-state index < -0.39 is 16.1 Å². The minimum Gasteiger partial charge on any atom is -0.351 e. The van der Waals surface area contributed by atoms with Crippen LogP contribution in [-0.4, -0.2) is 26.3 Å². The summed E-state index contributed by atoms with van der Waals surface area (Å²) in [5.74, 6) is 0.405. The molecule has 3 N–H and O–H groups in total. The number of hydrogen-bond donors (Lipinski definition) is 3. The lowest BCUT2D eigenvalue weighted by Gasteiger charge is -2.35. The molecule has 2 aromatic rings. The van der Waals surface area contributed by atoms with Crippen molar-refractivity contribution >= 4 is 27.5 Å². The van der Waals surface area contributed by atoms with Gasteiger partial charge in [-0.1, -0.05) is 57.0 Å². The minimum atomic E-state index is -3.99. The van der Waals surface area contributed by atoms with Crippen LogP contribution in [0.25, 0.3) is 0 Å². The lowest BCUT2D eigenvalue weighted by atomic mass is 9.78. The van der Waals surface area contributed by atoms with Crippen molar-refractivity contribution in [1.82, 2.24) is 10.0 Å². The summed E-state index contributed by atoms with van der Waals surface area (Å²) in [5, 5.41) is 5.87. The first kappa shape index (κ1) is 23.4. The summed E-state index contributed by atoms with van der Waals surface area (Å²) >= 11 is 0. The molecule has 0 radical (unpaired) electrons. The van der Waals surface area contributed by atoms with E-state index in [4.69, 9.17) is 0 Å². The zero-order chi connectivity index (χ0) is 23.6. The number of rotatable bonds is 6. The molecule has 7 nitrogen and oxygen atoms in total. The quantitative estimate of drug-likeness (QED) is 0.602. The Hall–Kier alpha value is -2.71. The summed E-state index contributed by atoms with van der Waals surface area (Å²) in [6, 6.07) is 12.5. The van der Waals surface area contributed by atoms with E-state index in [0.717, 1.165) is 24.8 Å². The van der Waals surface area contributed by atoms with E-state index in [1.165, 1.54) is 6.07 Å². The first-order valence-corrected chi connectivity index (χ1v) is 13.0. The van der Waals surface area contributed by atoms with Gasteiger partial charge in [-0.2, -0.15) is 4.72 Å². The molecule has 4 rings (SSSR count). The Bertz CT molecular complexity index is 1130. The van der Waals surface area contributed by atoms with Gasteiger partial charge in [-0.25, -0.2) is 8.42 Å². The van der Waals surface area contributed by atoms with Crippen molar-refractivity contribution in [3.63, 3.8) is 0 Å². The Morgan fingerprint density at radius 1 is 1.06 bits per heavy atom. The summed E-state index contributed by atoms with van der Waals surface area (Å²) in [5.41, 5.74) is 1.98. The molecule has 1 aliphatic heterocycles. The van der Waals surface area contributed by atoms with Gasteiger partial charge in [0.05, 0.1) is 4.90 Å². The molecule has 1 saturated carbocycles. The summed E-state index contributed by atoms with van der Waals surface area (Å²) in [7, 11) is -3.99. The van der Waals surface area contributed by atoms with E-state index in [1.807, 2.05) is 6.07 Å². The molecular weight excluding hydrogens is 438 g/mol. The summed E-state index contributed by atoms with van der Waals surface area (Å²) in [4.78, 5) is 25.0. The Balaban J connectivity index is 1.59. The zero-order valence-electron chi connectivity index (χ0n) is 19.0. The number of benzene rings is 2. The molecule has 1 fully saturated rings. The Kier molecular flexibility index (Phi) is 6.86. The molecule has 2 aliphatic rings. The van der Waals surface area contributed by atoms with Crippen molar-refractivity contribution in [2.24, 2.45) is 11.8 Å². The number of aryl methyl sites for hydroxylation is 1. The Morgan fingerprint density at radius 2 is 1.82 bits per heavy atom.